The molecule has 0 spiro atoms. The fourth-order valence-electron chi connectivity index (χ4n) is 2.46. The van der Waals surface area contributed by atoms with Gasteiger partial charge in [-0.15, -0.1) is 11.7 Å². The number of amides is 2. The maximum absolute atomic E-state index is 13.2. The van der Waals surface area contributed by atoms with Crippen LogP contribution in [0.1, 0.15) is 49.3 Å². The summed E-state index contributed by atoms with van der Waals surface area (Å²) in [4.78, 5) is 27.6. The summed E-state index contributed by atoms with van der Waals surface area (Å²) in [6, 6.07) is 6.04. The van der Waals surface area contributed by atoms with Crippen LogP contribution in [0.2, 0.25) is 5.02 Å². The molecule has 0 saturated heterocycles. The number of halogens is 1. The van der Waals surface area contributed by atoms with Gasteiger partial charge in [0, 0.05) is 22.5 Å². The number of nitrogens with one attached hydrogen (secondary N) is 1. The van der Waals surface area contributed by atoms with E-state index in [1.54, 1.807) is 35.7 Å². The Morgan fingerprint density at radius 1 is 1.37 bits per heavy atom. The average Bonchev–Trinajstić information content (AvgIpc) is 3.16. The minimum atomic E-state index is -0.847. The minimum absolute atomic E-state index is 0.184. The first-order chi connectivity index (χ1) is 12.8. The van der Waals surface area contributed by atoms with E-state index in [1.807, 2.05) is 20.8 Å². The highest BCUT2D eigenvalue weighted by Gasteiger charge is 2.34. The van der Waals surface area contributed by atoms with Gasteiger partial charge in [-0.05, 0) is 49.5 Å². The maximum atomic E-state index is 13.2. The lowest BCUT2D eigenvalue weighted by molar-refractivity contribution is -0.127. The van der Waals surface area contributed by atoms with E-state index in [9.17, 15) is 9.59 Å². The van der Waals surface area contributed by atoms with E-state index < -0.39 is 11.6 Å². The fraction of sp³-hybridized carbons (Fsp3) is 0.368. The Morgan fingerprint density at radius 3 is 2.56 bits per heavy atom. The smallest absolute Gasteiger partial charge is 0.276 e. The van der Waals surface area contributed by atoms with Crippen molar-refractivity contribution in [3.63, 3.8) is 0 Å². The molecule has 1 atom stereocenters. The van der Waals surface area contributed by atoms with Crippen LogP contribution in [0.3, 0.4) is 0 Å². The summed E-state index contributed by atoms with van der Waals surface area (Å²) in [7, 11) is 0. The fourth-order valence-corrected chi connectivity index (χ4v) is 3.01. The van der Waals surface area contributed by atoms with Gasteiger partial charge in [0.2, 0.25) is 5.91 Å². The second kappa shape index (κ2) is 9.10. The number of nitrogens with zero attached hydrogens (tertiary/aromatic N) is 3. The lowest BCUT2D eigenvalue weighted by Crippen LogP contribution is -2.50. The maximum Gasteiger partial charge on any atom is 0.276 e. The van der Waals surface area contributed by atoms with E-state index in [4.69, 9.17) is 11.6 Å². The molecule has 0 fully saturated rings. The molecule has 8 heteroatoms. The number of hydrogen-bond donors (Lipinski definition) is 1. The summed E-state index contributed by atoms with van der Waals surface area (Å²) in [5, 5.41) is 8.99. The Kier molecular flexibility index (Phi) is 7.10. The molecule has 2 rings (SSSR count). The van der Waals surface area contributed by atoms with Gasteiger partial charge in [-0.1, -0.05) is 41.2 Å². The summed E-state index contributed by atoms with van der Waals surface area (Å²) in [6.45, 7) is 9.78. The van der Waals surface area contributed by atoms with E-state index in [0.29, 0.717) is 10.6 Å². The van der Waals surface area contributed by atoms with Crippen LogP contribution in [0.25, 0.3) is 0 Å². The molecule has 6 nitrogen and oxygen atoms in total. The first-order valence-corrected chi connectivity index (χ1v) is 9.77. The van der Waals surface area contributed by atoms with Gasteiger partial charge in [0.15, 0.2) is 5.69 Å². The normalized spacial score (nSPS) is 12.3. The zero-order valence-corrected chi connectivity index (χ0v) is 17.2. The third-order valence-corrected chi connectivity index (χ3v) is 5.01. The predicted molar refractivity (Wildman–Crippen MR) is 108 cm³/mol. The molecule has 2 amide bonds. The minimum Gasteiger partial charge on any atom is -0.349 e. The van der Waals surface area contributed by atoms with E-state index in [-0.39, 0.29) is 24.1 Å². The van der Waals surface area contributed by atoms with E-state index in [2.05, 4.69) is 21.5 Å². The van der Waals surface area contributed by atoms with Crippen molar-refractivity contribution in [1.29, 1.82) is 0 Å². The Bertz CT molecular complexity index is 791. The lowest BCUT2D eigenvalue weighted by Gasteiger charge is -2.33. The highest BCUT2D eigenvalue weighted by molar-refractivity contribution is 7.03. The number of rotatable bonds is 8. The van der Waals surface area contributed by atoms with Crippen molar-refractivity contribution in [2.45, 2.75) is 38.8 Å². The monoisotopic (exact) mass is 406 g/mol. The zero-order valence-electron chi connectivity index (χ0n) is 15.6. The zero-order chi connectivity index (χ0) is 20.0. The molecule has 0 aliphatic rings. The first-order valence-electron chi connectivity index (χ1n) is 8.55. The summed E-state index contributed by atoms with van der Waals surface area (Å²) in [6.07, 6.45) is 2.33. The topological polar surface area (TPSA) is 75.2 Å². The van der Waals surface area contributed by atoms with E-state index in [1.165, 1.54) is 4.90 Å². The Morgan fingerprint density at radius 2 is 2.04 bits per heavy atom. The SMILES string of the molecule is C=CCN(C(=O)c1csnn1)[C@@H](C(=O)NC(C)(C)CC)c1ccc(Cl)cc1. The molecule has 0 unspecified atom stereocenters. The van der Waals surface area contributed by atoms with Gasteiger partial charge in [-0.2, -0.15) is 0 Å². The standard InChI is InChI=1S/C19H23ClN4O2S/c1-5-11-24(18(26)15-12-27-23-22-15)16(13-7-9-14(20)10-8-13)17(25)21-19(3,4)6-2/h5,7-10,12,16H,1,6,11H2,2-4H3,(H,21,25)/t16-/m1/s1. The summed E-state index contributed by atoms with van der Waals surface area (Å²) in [5.41, 5.74) is 0.442. The van der Waals surface area contributed by atoms with Gasteiger partial charge in [0.1, 0.15) is 6.04 Å². The van der Waals surface area contributed by atoms with Crippen LogP contribution in [0.5, 0.6) is 0 Å². The second-order valence-electron chi connectivity index (χ2n) is 6.72. The largest absolute Gasteiger partial charge is 0.349 e. The number of benzene rings is 1. The number of carbonyl (C=O) groups is 2. The van der Waals surface area contributed by atoms with Crippen LogP contribution in [0.4, 0.5) is 0 Å². The summed E-state index contributed by atoms with van der Waals surface area (Å²) < 4.78 is 3.75. The van der Waals surface area contributed by atoms with Crippen molar-refractivity contribution in [1.82, 2.24) is 19.8 Å². The first kappa shape index (κ1) is 21.1. The molecule has 2 aromatic rings. The molecule has 1 heterocycles. The molecule has 0 aliphatic carbocycles. The molecular weight excluding hydrogens is 384 g/mol. The average molecular weight is 407 g/mol. The van der Waals surface area contributed by atoms with Crippen molar-refractivity contribution in [2.24, 2.45) is 0 Å². The second-order valence-corrected chi connectivity index (χ2v) is 7.76. The molecule has 1 N–H and O–H groups in total. The van der Waals surface area contributed by atoms with Gasteiger partial charge in [-0.3, -0.25) is 9.59 Å². The molecule has 0 radical (unpaired) electrons. The van der Waals surface area contributed by atoms with Gasteiger partial charge < -0.3 is 10.2 Å². The Labute approximate surface area is 168 Å². The highest BCUT2D eigenvalue weighted by Crippen LogP contribution is 2.26. The number of carbonyl (C=O) groups excluding carboxylic acids is 2. The lowest BCUT2D eigenvalue weighted by atomic mass is 9.98. The van der Waals surface area contributed by atoms with Crippen molar-refractivity contribution in [3.8, 4) is 0 Å². The quantitative estimate of drug-likeness (QED) is 0.675. The van der Waals surface area contributed by atoms with Crippen molar-refractivity contribution >= 4 is 34.9 Å². The Hall–Kier alpha value is -2.25. The van der Waals surface area contributed by atoms with Gasteiger partial charge in [0.05, 0.1) is 0 Å². The number of aromatic nitrogens is 2. The van der Waals surface area contributed by atoms with Crippen molar-refractivity contribution < 1.29 is 9.59 Å². The van der Waals surface area contributed by atoms with E-state index in [0.717, 1.165) is 18.0 Å². The van der Waals surface area contributed by atoms with Crippen LogP contribution in [0, 0.1) is 0 Å². The molecule has 0 aliphatic heterocycles. The van der Waals surface area contributed by atoms with Crippen molar-refractivity contribution in [3.05, 3.63) is 58.6 Å². The highest BCUT2D eigenvalue weighted by atomic mass is 35.5. The van der Waals surface area contributed by atoms with Crippen LogP contribution in [0.15, 0.2) is 42.3 Å². The molecule has 1 aromatic heterocycles. The summed E-state index contributed by atoms with van der Waals surface area (Å²) >= 11 is 7.08. The Balaban J connectivity index is 2.47. The number of hydrogen-bond acceptors (Lipinski definition) is 5. The van der Waals surface area contributed by atoms with Crippen molar-refractivity contribution in [2.75, 3.05) is 6.54 Å². The third-order valence-electron chi connectivity index (χ3n) is 4.26. The van der Waals surface area contributed by atoms with Gasteiger partial charge >= 0.3 is 0 Å². The third kappa shape index (κ3) is 5.37. The molecule has 27 heavy (non-hydrogen) atoms. The molecule has 1 aromatic carbocycles. The van der Waals surface area contributed by atoms with Crippen LogP contribution >= 0.6 is 23.1 Å². The molecule has 144 valence electrons. The van der Waals surface area contributed by atoms with E-state index >= 15 is 0 Å². The molecular formula is C19H23ClN4O2S. The predicted octanol–water partition coefficient (Wildman–Crippen LogP) is 3.87. The van der Waals surface area contributed by atoms with Gasteiger partial charge in [0.25, 0.3) is 5.91 Å². The van der Waals surface area contributed by atoms with Crippen LogP contribution < -0.4 is 5.32 Å². The van der Waals surface area contributed by atoms with Gasteiger partial charge in [-0.25, -0.2) is 0 Å². The molecule has 0 saturated carbocycles. The summed E-state index contributed by atoms with van der Waals surface area (Å²) in [5.74, 6) is -0.657. The van der Waals surface area contributed by atoms with Crippen LogP contribution in [-0.2, 0) is 4.79 Å². The van der Waals surface area contributed by atoms with Crippen LogP contribution in [-0.4, -0.2) is 38.4 Å². The molecule has 0 bridgehead atoms.